The molecule has 1 aromatic heterocycles. The number of carbonyl (C=O) groups is 2. The Hall–Kier alpha value is -4.49. The van der Waals surface area contributed by atoms with Crippen LogP contribution in [0.3, 0.4) is 0 Å². The number of rotatable bonds is 16. The van der Waals surface area contributed by atoms with Crippen molar-refractivity contribution in [2.24, 2.45) is 27.9 Å². The molecule has 2 amide bonds. The van der Waals surface area contributed by atoms with Crippen molar-refractivity contribution in [1.82, 2.24) is 20.8 Å². The quantitative estimate of drug-likeness (QED) is 0.0718. The molecule has 13 heteroatoms. The Morgan fingerprint density at radius 2 is 1.70 bits per heavy atom. The van der Waals surface area contributed by atoms with Crippen LogP contribution in [0.25, 0.3) is 0 Å². The number of hydrogen-bond acceptors (Lipinski definition) is 9. The van der Waals surface area contributed by atoms with E-state index in [0.29, 0.717) is 67.7 Å². The highest BCUT2D eigenvalue weighted by molar-refractivity contribution is 5.91. The van der Waals surface area contributed by atoms with Crippen LogP contribution < -0.4 is 33.6 Å². The van der Waals surface area contributed by atoms with Crippen LogP contribution in [0.1, 0.15) is 78.2 Å². The lowest BCUT2D eigenvalue weighted by molar-refractivity contribution is -0.130. The van der Waals surface area contributed by atoms with Crippen LogP contribution >= 0.6 is 0 Å². The molecule has 0 unspecified atom stereocenters. The Labute approximate surface area is 251 Å². The highest BCUT2D eigenvalue weighted by Crippen LogP contribution is 2.28. The summed E-state index contributed by atoms with van der Waals surface area (Å²) in [5.74, 6) is -0.240. The topological polar surface area (TPSA) is 234 Å². The highest BCUT2D eigenvalue weighted by Gasteiger charge is 2.31. The van der Waals surface area contributed by atoms with Gasteiger partial charge in [0.25, 0.3) is 0 Å². The number of amides is 2. The fourth-order valence-corrected chi connectivity index (χ4v) is 4.84. The molecule has 3 aromatic rings. The van der Waals surface area contributed by atoms with Gasteiger partial charge in [-0.15, -0.1) is 0 Å². The fraction of sp³-hybridized carbons (Fsp3) is 0.433. The van der Waals surface area contributed by atoms with Gasteiger partial charge in [0.2, 0.25) is 17.7 Å². The van der Waals surface area contributed by atoms with Gasteiger partial charge >= 0.3 is 0 Å². The molecule has 0 fully saturated rings. The third-order valence-electron chi connectivity index (χ3n) is 6.97. The number of carbonyl (C=O) groups excluding carboxylic acids is 2. The van der Waals surface area contributed by atoms with Crippen molar-refractivity contribution in [1.29, 1.82) is 0 Å². The van der Waals surface area contributed by atoms with Gasteiger partial charge in [-0.05, 0) is 86.9 Å². The minimum absolute atomic E-state index is 0.0394. The lowest BCUT2D eigenvalue weighted by Crippen LogP contribution is -2.48. The standard InChI is InChI=1S/C30H43N9O4/c1-18-15-21(40)16-19(2)25(18)26(38-27(41)22(32)11-8-14-35-30(33)34)28(42)36-23(12-6-7-13-31)29-37-24(39-43-29)17-20-9-4-3-5-10-20/h3-5,9-10,15-16,22-23,26,40H,6-8,11-14,17,31-32H2,1-2H3,(H,36,42)(H,38,41)(H4,33,34,35)/t22-,23-,26+/m0/s1. The number of aryl methyl sites for hydroxylation is 2. The molecule has 0 radical (unpaired) electrons. The zero-order valence-electron chi connectivity index (χ0n) is 24.8. The van der Waals surface area contributed by atoms with Crippen molar-refractivity contribution in [2.75, 3.05) is 13.1 Å². The number of aromatic nitrogens is 2. The number of guanidine groups is 1. The second kappa shape index (κ2) is 16.2. The molecule has 0 aliphatic heterocycles. The molecule has 3 atom stereocenters. The van der Waals surface area contributed by atoms with Crippen LogP contribution in [0.5, 0.6) is 5.75 Å². The molecule has 0 saturated carbocycles. The molecule has 43 heavy (non-hydrogen) atoms. The summed E-state index contributed by atoms with van der Waals surface area (Å²) in [6.45, 7) is 4.34. The number of phenolic OH excluding ortho intramolecular Hbond substituents is 1. The van der Waals surface area contributed by atoms with Crippen LogP contribution in [0.2, 0.25) is 0 Å². The van der Waals surface area contributed by atoms with Gasteiger partial charge in [0.15, 0.2) is 11.8 Å². The SMILES string of the molecule is Cc1cc(O)cc(C)c1[C@@H](NC(=O)[C@@H](N)CCCN=C(N)N)C(=O)N[C@@H](CCCCN)c1nc(Cc2ccccc2)no1. The summed E-state index contributed by atoms with van der Waals surface area (Å²) in [6.07, 6.45) is 3.19. The van der Waals surface area contributed by atoms with Crippen molar-refractivity contribution < 1.29 is 19.2 Å². The first-order valence-corrected chi connectivity index (χ1v) is 14.4. The maximum atomic E-state index is 14.0. The Kier molecular flexibility index (Phi) is 12.5. The second-order valence-corrected chi connectivity index (χ2v) is 10.5. The summed E-state index contributed by atoms with van der Waals surface area (Å²) in [6, 6.07) is 10.2. The second-order valence-electron chi connectivity index (χ2n) is 10.5. The van der Waals surface area contributed by atoms with Crippen LogP contribution in [-0.4, -0.2) is 52.2 Å². The smallest absolute Gasteiger partial charge is 0.249 e. The molecule has 232 valence electrons. The number of phenols is 1. The van der Waals surface area contributed by atoms with E-state index in [4.69, 9.17) is 27.5 Å². The third-order valence-corrected chi connectivity index (χ3v) is 6.97. The Morgan fingerprint density at radius 1 is 1.00 bits per heavy atom. The van der Waals surface area contributed by atoms with Gasteiger partial charge in [0.05, 0.1) is 6.04 Å². The molecule has 3 rings (SSSR count). The number of unbranched alkanes of at least 4 members (excludes halogenated alkanes) is 1. The first kappa shape index (κ1) is 33.0. The number of hydrogen-bond donors (Lipinski definition) is 7. The Bertz CT molecular complexity index is 1350. The number of aliphatic imine (C=N–C) groups is 1. The van der Waals surface area contributed by atoms with Gasteiger partial charge in [-0.3, -0.25) is 14.6 Å². The third kappa shape index (κ3) is 10.1. The number of aromatic hydroxyl groups is 1. The van der Waals surface area contributed by atoms with Gasteiger partial charge in [0.1, 0.15) is 17.8 Å². The van der Waals surface area contributed by atoms with Crippen molar-refractivity contribution in [3.05, 3.63) is 76.4 Å². The predicted molar refractivity (Wildman–Crippen MR) is 164 cm³/mol. The summed E-state index contributed by atoms with van der Waals surface area (Å²) >= 11 is 0. The van der Waals surface area contributed by atoms with E-state index in [1.165, 1.54) is 12.1 Å². The van der Waals surface area contributed by atoms with E-state index in [1.807, 2.05) is 30.3 Å². The summed E-state index contributed by atoms with van der Waals surface area (Å²) < 4.78 is 5.59. The summed E-state index contributed by atoms with van der Waals surface area (Å²) in [4.78, 5) is 35.6. The zero-order valence-corrected chi connectivity index (χ0v) is 24.8. The summed E-state index contributed by atoms with van der Waals surface area (Å²) in [5, 5.41) is 20.1. The first-order valence-electron chi connectivity index (χ1n) is 14.4. The molecule has 0 aliphatic carbocycles. The first-order chi connectivity index (χ1) is 20.6. The van der Waals surface area contributed by atoms with Crippen molar-refractivity contribution in [3.8, 4) is 5.75 Å². The summed E-state index contributed by atoms with van der Waals surface area (Å²) in [5.41, 5.74) is 25.4. The lowest BCUT2D eigenvalue weighted by atomic mass is 9.94. The molecule has 0 spiro atoms. The largest absolute Gasteiger partial charge is 0.508 e. The molecule has 2 aromatic carbocycles. The van der Waals surface area contributed by atoms with Gasteiger partial charge in [0, 0.05) is 13.0 Å². The van der Waals surface area contributed by atoms with Crippen LogP contribution in [0.15, 0.2) is 52.0 Å². The van der Waals surface area contributed by atoms with Crippen molar-refractivity contribution in [2.45, 2.75) is 70.5 Å². The number of nitrogens with zero attached hydrogens (tertiary/aromatic N) is 3. The number of benzene rings is 2. The fourth-order valence-electron chi connectivity index (χ4n) is 4.84. The van der Waals surface area contributed by atoms with Crippen LogP contribution in [0.4, 0.5) is 0 Å². The van der Waals surface area contributed by atoms with E-state index in [0.717, 1.165) is 12.0 Å². The highest BCUT2D eigenvalue weighted by atomic mass is 16.5. The Morgan fingerprint density at radius 3 is 2.35 bits per heavy atom. The van der Waals surface area contributed by atoms with Crippen LogP contribution in [0, 0.1) is 13.8 Å². The van der Waals surface area contributed by atoms with Gasteiger partial charge in [-0.25, -0.2) is 0 Å². The van der Waals surface area contributed by atoms with Gasteiger partial charge in [-0.2, -0.15) is 4.98 Å². The average Bonchev–Trinajstić information content (AvgIpc) is 3.42. The number of nitrogens with two attached hydrogens (primary N) is 4. The van der Waals surface area contributed by atoms with E-state index in [9.17, 15) is 14.7 Å². The van der Waals surface area contributed by atoms with Crippen LogP contribution in [-0.2, 0) is 16.0 Å². The van der Waals surface area contributed by atoms with E-state index in [2.05, 4.69) is 25.8 Å². The molecular weight excluding hydrogens is 550 g/mol. The van der Waals surface area contributed by atoms with E-state index in [-0.39, 0.29) is 17.6 Å². The zero-order chi connectivity index (χ0) is 31.4. The lowest BCUT2D eigenvalue weighted by Gasteiger charge is -2.26. The molecule has 11 N–H and O–H groups in total. The molecule has 13 nitrogen and oxygen atoms in total. The summed E-state index contributed by atoms with van der Waals surface area (Å²) in [7, 11) is 0. The van der Waals surface area contributed by atoms with E-state index in [1.54, 1.807) is 13.8 Å². The molecule has 0 aliphatic rings. The van der Waals surface area contributed by atoms with Gasteiger partial charge in [-0.1, -0.05) is 35.5 Å². The van der Waals surface area contributed by atoms with Crippen molar-refractivity contribution >= 4 is 17.8 Å². The van der Waals surface area contributed by atoms with Gasteiger partial charge < -0.3 is 43.2 Å². The Balaban J connectivity index is 1.85. The molecule has 0 bridgehead atoms. The van der Waals surface area contributed by atoms with E-state index < -0.39 is 29.9 Å². The average molecular weight is 594 g/mol. The number of nitrogens with one attached hydrogen (secondary N) is 2. The monoisotopic (exact) mass is 593 g/mol. The molecule has 1 heterocycles. The maximum Gasteiger partial charge on any atom is 0.249 e. The van der Waals surface area contributed by atoms with Crippen molar-refractivity contribution in [3.63, 3.8) is 0 Å². The molecule has 0 saturated heterocycles. The minimum Gasteiger partial charge on any atom is -0.508 e. The predicted octanol–water partition coefficient (Wildman–Crippen LogP) is 1.51. The normalized spacial score (nSPS) is 13.1. The van der Waals surface area contributed by atoms with E-state index >= 15 is 0 Å². The maximum absolute atomic E-state index is 14.0. The minimum atomic E-state index is -1.11. The molecular formula is C30H43N9O4.